The van der Waals surface area contributed by atoms with Crippen LogP contribution in [0.15, 0.2) is 0 Å². The summed E-state index contributed by atoms with van der Waals surface area (Å²) >= 11 is 0. The van der Waals surface area contributed by atoms with E-state index in [2.05, 4.69) is 12.2 Å². The molecule has 4 nitrogen and oxygen atoms in total. The molecule has 0 aromatic heterocycles. The van der Waals surface area contributed by atoms with Crippen LogP contribution in [0, 0.1) is 5.92 Å². The van der Waals surface area contributed by atoms with Crippen molar-refractivity contribution in [1.82, 2.24) is 10.2 Å². The standard InChI is InChI=1S/C12H22N2O2/c1-10-4-6-14(7-5-10)12(15)13-9-11-3-2-8-16-11/h10-11H,2-9H2,1H3,(H,13,15). The molecule has 0 aromatic rings. The van der Waals surface area contributed by atoms with Gasteiger partial charge in [0.25, 0.3) is 0 Å². The fourth-order valence-electron chi connectivity index (χ4n) is 2.33. The summed E-state index contributed by atoms with van der Waals surface area (Å²) < 4.78 is 5.47. The molecule has 0 aromatic carbocycles. The zero-order valence-electron chi connectivity index (χ0n) is 10.1. The third-order valence-electron chi connectivity index (χ3n) is 3.58. The fourth-order valence-corrected chi connectivity index (χ4v) is 2.33. The van der Waals surface area contributed by atoms with E-state index in [9.17, 15) is 4.79 Å². The zero-order valence-corrected chi connectivity index (χ0v) is 10.1. The van der Waals surface area contributed by atoms with Crippen molar-refractivity contribution in [2.75, 3.05) is 26.2 Å². The molecule has 1 atom stereocenters. The molecule has 0 saturated carbocycles. The van der Waals surface area contributed by atoms with Crippen molar-refractivity contribution in [3.63, 3.8) is 0 Å². The second-order valence-electron chi connectivity index (χ2n) is 4.99. The van der Waals surface area contributed by atoms with E-state index in [1.165, 1.54) is 0 Å². The molecule has 2 heterocycles. The molecule has 92 valence electrons. The Bertz CT molecular complexity index is 231. The number of hydrogen-bond donors (Lipinski definition) is 1. The van der Waals surface area contributed by atoms with Gasteiger partial charge in [-0.05, 0) is 31.6 Å². The van der Waals surface area contributed by atoms with Crippen LogP contribution in [0.3, 0.4) is 0 Å². The SMILES string of the molecule is CC1CCN(C(=O)NCC2CCCO2)CC1. The van der Waals surface area contributed by atoms with Crippen LogP contribution < -0.4 is 5.32 Å². The Hall–Kier alpha value is -0.770. The average Bonchev–Trinajstić information content (AvgIpc) is 2.80. The number of carbonyl (C=O) groups is 1. The number of piperidine rings is 1. The summed E-state index contributed by atoms with van der Waals surface area (Å²) in [6, 6.07) is 0.0856. The van der Waals surface area contributed by atoms with Crippen molar-refractivity contribution in [3.8, 4) is 0 Å². The Kier molecular flexibility index (Phi) is 4.04. The topological polar surface area (TPSA) is 41.6 Å². The van der Waals surface area contributed by atoms with Crippen molar-refractivity contribution in [2.45, 2.75) is 38.7 Å². The first kappa shape index (κ1) is 11.7. The average molecular weight is 226 g/mol. The maximum atomic E-state index is 11.8. The van der Waals surface area contributed by atoms with Gasteiger partial charge in [0.05, 0.1) is 6.10 Å². The second kappa shape index (κ2) is 5.53. The highest BCUT2D eigenvalue weighted by Gasteiger charge is 2.21. The lowest BCUT2D eigenvalue weighted by Crippen LogP contribution is -2.46. The van der Waals surface area contributed by atoms with Gasteiger partial charge in [0.2, 0.25) is 0 Å². The predicted octanol–water partition coefficient (Wildman–Crippen LogP) is 1.61. The van der Waals surface area contributed by atoms with Crippen molar-refractivity contribution >= 4 is 6.03 Å². The summed E-state index contributed by atoms with van der Waals surface area (Å²) in [5, 5.41) is 2.97. The monoisotopic (exact) mass is 226 g/mol. The van der Waals surface area contributed by atoms with Crippen LogP contribution in [0.4, 0.5) is 4.79 Å². The summed E-state index contributed by atoms with van der Waals surface area (Å²) in [5.74, 6) is 0.766. The van der Waals surface area contributed by atoms with Gasteiger partial charge in [-0.1, -0.05) is 6.92 Å². The quantitative estimate of drug-likeness (QED) is 0.777. The van der Waals surface area contributed by atoms with Gasteiger partial charge in [0.15, 0.2) is 0 Å². The number of hydrogen-bond acceptors (Lipinski definition) is 2. The van der Waals surface area contributed by atoms with Crippen molar-refractivity contribution < 1.29 is 9.53 Å². The molecule has 2 rings (SSSR count). The molecule has 2 fully saturated rings. The first-order chi connectivity index (χ1) is 7.75. The Morgan fingerprint density at radius 2 is 2.12 bits per heavy atom. The normalized spacial score (nSPS) is 27.1. The highest BCUT2D eigenvalue weighted by Crippen LogP contribution is 2.16. The lowest BCUT2D eigenvalue weighted by atomic mass is 10.00. The number of ether oxygens (including phenoxy) is 1. The molecular formula is C12H22N2O2. The summed E-state index contributed by atoms with van der Waals surface area (Å²) in [4.78, 5) is 13.7. The fraction of sp³-hybridized carbons (Fsp3) is 0.917. The zero-order chi connectivity index (χ0) is 11.4. The number of amides is 2. The highest BCUT2D eigenvalue weighted by molar-refractivity contribution is 5.74. The van der Waals surface area contributed by atoms with Gasteiger partial charge in [-0.15, -0.1) is 0 Å². The van der Waals surface area contributed by atoms with E-state index in [1.54, 1.807) is 0 Å². The lowest BCUT2D eigenvalue weighted by Gasteiger charge is -2.30. The molecule has 16 heavy (non-hydrogen) atoms. The molecule has 2 saturated heterocycles. The maximum absolute atomic E-state index is 11.8. The minimum absolute atomic E-state index is 0.0856. The number of rotatable bonds is 2. The largest absolute Gasteiger partial charge is 0.376 e. The second-order valence-corrected chi connectivity index (χ2v) is 4.99. The molecule has 1 unspecified atom stereocenters. The molecule has 2 amide bonds. The number of nitrogens with zero attached hydrogens (tertiary/aromatic N) is 1. The van der Waals surface area contributed by atoms with Crippen molar-refractivity contribution in [3.05, 3.63) is 0 Å². The molecule has 2 aliphatic rings. The summed E-state index contributed by atoms with van der Waals surface area (Å²) in [7, 11) is 0. The Labute approximate surface area is 97.3 Å². The van der Waals surface area contributed by atoms with Crippen molar-refractivity contribution in [2.24, 2.45) is 5.92 Å². The lowest BCUT2D eigenvalue weighted by molar-refractivity contribution is 0.107. The van der Waals surface area contributed by atoms with E-state index in [4.69, 9.17) is 4.74 Å². The van der Waals surface area contributed by atoms with Gasteiger partial charge in [-0.25, -0.2) is 4.79 Å². The Balaban J connectivity index is 1.67. The van der Waals surface area contributed by atoms with Gasteiger partial charge in [0.1, 0.15) is 0 Å². The third kappa shape index (κ3) is 3.11. The summed E-state index contributed by atoms with van der Waals surface area (Å²) in [5.41, 5.74) is 0. The van der Waals surface area contributed by atoms with E-state index >= 15 is 0 Å². The summed E-state index contributed by atoms with van der Waals surface area (Å²) in [6.45, 7) is 5.57. The van der Waals surface area contributed by atoms with E-state index < -0.39 is 0 Å². The van der Waals surface area contributed by atoms with E-state index in [-0.39, 0.29) is 12.1 Å². The van der Waals surface area contributed by atoms with Crippen LogP contribution in [-0.2, 0) is 4.74 Å². The number of urea groups is 1. The first-order valence-corrected chi connectivity index (χ1v) is 6.40. The minimum Gasteiger partial charge on any atom is -0.376 e. The van der Waals surface area contributed by atoms with E-state index in [0.29, 0.717) is 6.54 Å². The Morgan fingerprint density at radius 1 is 1.38 bits per heavy atom. The molecule has 0 radical (unpaired) electrons. The first-order valence-electron chi connectivity index (χ1n) is 6.40. The number of likely N-dealkylation sites (tertiary alicyclic amines) is 1. The number of nitrogens with one attached hydrogen (secondary N) is 1. The molecule has 4 heteroatoms. The van der Waals surface area contributed by atoms with Crippen molar-refractivity contribution in [1.29, 1.82) is 0 Å². The van der Waals surface area contributed by atoms with Gasteiger partial charge in [0, 0.05) is 26.2 Å². The Morgan fingerprint density at radius 3 is 2.75 bits per heavy atom. The van der Waals surface area contributed by atoms with Crippen LogP contribution in [0.5, 0.6) is 0 Å². The van der Waals surface area contributed by atoms with Crippen LogP contribution in [0.1, 0.15) is 32.6 Å². The summed E-state index contributed by atoms with van der Waals surface area (Å²) in [6.07, 6.45) is 4.72. The molecule has 1 N–H and O–H groups in total. The molecule has 0 bridgehead atoms. The van der Waals surface area contributed by atoms with Gasteiger partial charge < -0.3 is 15.0 Å². The van der Waals surface area contributed by atoms with Gasteiger partial charge in [-0.2, -0.15) is 0 Å². The van der Waals surface area contributed by atoms with E-state index in [1.807, 2.05) is 4.90 Å². The molecule has 0 spiro atoms. The van der Waals surface area contributed by atoms with Crippen LogP contribution in [0.2, 0.25) is 0 Å². The van der Waals surface area contributed by atoms with Crippen LogP contribution in [-0.4, -0.2) is 43.3 Å². The van der Waals surface area contributed by atoms with Crippen LogP contribution >= 0.6 is 0 Å². The highest BCUT2D eigenvalue weighted by atomic mass is 16.5. The third-order valence-corrected chi connectivity index (χ3v) is 3.58. The van der Waals surface area contributed by atoms with Crippen LogP contribution in [0.25, 0.3) is 0 Å². The maximum Gasteiger partial charge on any atom is 0.317 e. The van der Waals surface area contributed by atoms with Gasteiger partial charge >= 0.3 is 6.03 Å². The predicted molar refractivity (Wildman–Crippen MR) is 62.3 cm³/mol. The molecule has 2 aliphatic heterocycles. The molecule has 0 aliphatic carbocycles. The smallest absolute Gasteiger partial charge is 0.317 e. The van der Waals surface area contributed by atoms with E-state index in [0.717, 1.165) is 51.3 Å². The van der Waals surface area contributed by atoms with Gasteiger partial charge in [-0.3, -0.25) is 0 Å². The number of carbonyl (C=O) groups excluding carboxylic acids is 1. The minimum atomic E-state index is 0.0856. The molecular weight excluding hydrogens is 204 g/mol.